The van der Waals surface area contributed by atoms with Gasteiger partial charge < -0.3 is 24.6 Å². The van der Waals surface area contributed by atoms with E-state index in [4.69, 9.17) is 24.8 Å². The van der Waals surface area contributed by atoms with Gasteiger partial charge in [0.15, 0.2) is 12.4 Å². The van der Waals surface area contributed by atoms with Gasteiger partial charge in [-0.15, -0.1) is 0 Å². The Bertz CT molecular complexity index is 1030. The molecule has 3 aliphatic rings. The van der Waals surface area contributed by atoms with Gasteiger partial charge in [0.1, 0.15) is 23.0 Å². The molecule has 0 aromatic carbocycles. The second-order valence-electron chi connectivity index (χ2n) is 9.68. The first-order chi connectivity index (χ1) is 15.9. The molecule has 0 amide bonds. The first-order valence-corrected chi connectivity index (χ1v) is 12.4. The molecule has 1 aromatic heterocycles. The van der Waals surface area contributed by atoms with Crippen molar-refractivity contribution in [1.82, 2.24) is 14.2 Å². The molecule has 1 unspecified atom stereocenters. The van der Waals surface area contributed by atoms with Crippen molar-refractivity contribution in [3.8, 4) is 6.07 Å². The van der Waals surface area contributed by atoms with Crippen molar-refractivity contribution >= 4 is 14.5 Å². The van der Waals surface area contributed by atoms with Crippen molar-refractivity contribution in [2.75, 3.05) is 12.3 Å². The smallest absolute Gasteiger partial charge is 0.274 e. The number of nitriles is 1. The summed E-state index contributed by atoms with van der Waals surface area (Å²) in [5, 5.41) is 19.9. The molecule has 13 heteroatoms. The first kappa shape index (κ1) is 25.4. The number of anilines is 1. The van der Waals surface area contributed by atoms with Crippen LogP contribution in [0.25, 0.3) is 0 Å². The Morgan fingerprint density at radius 3 is 2.71 bits per heavy atom. The van der Waals surface area contributed by atoms with Gasteiger partial charge in [-0.25, -0.2) is 13.5 Å². The molecular weight excluding hydrogens is 471 g/mol. The summed E-state index contributed by atoms with van der Waals surface area (Å²) in [5.74, 6) is -0.275. The van der Waals surface area contributed by atoms with E-state index in [1.807, 2.05) is 38.4 Å². The summed E-state index contributed by atoms with van der Waals surface area (Å²) in [7, 11) is -1.96. The van der Waals surface area contributed by atoms with E-state index in [0.29, 0.717) is 0 Å². The molecule has 34 heavy (non-hydrogen) atoms. The van der Waals surface area contributed by atoms with Crippen LogP contribution >= 0.6 is 8.53 Å². The molecule has 10 nitrogen and oxygen atoms in total. The van der Waals surface area contributed by atoms with Crippen LogP contribution in [0.1, 0.15) is 53.2 Å². The molecule has 1 aromatic rings. The van der Waals surface area contributed by atoms with E-state index in [2.05, 4.69) is 4.98 Å². The maximum Gasteiger partial charge on any atom is 0.274 e. The lowest BCUT2D eigenvalue weighted by atomic mass is 9.90. The van der Waals surface area contributed by atoms with Gasteiger partial charge in [0.25, 0.3) is 14.1 Å². The number of ether oxygens (including phenoxy) is 1. The number of hydrogen-bond acceptors (Lipinski definition) is 9. The van der Waals surface area contributed by atoms with E-state index in [0.717, 1.165) is 10.6 Å². The summed E-state index contributed by atoms with van der Waals surface area (Å²) in [6.07, 6.45) is -3.98. The van der Waals surface area contributed by atoms with Gasteiger partial charge in [-0.3, -0.25) is 9.36 Å². The maximum atomic E-state index is 16.3. The van der Waals surface area contributed by atoms with Gasteiger partial charge >= 0.3 is 0 Å². The molecule has 2 aliphatic carbocycles. The fourth-order valence-electron chi connectivity index (χ4n) is 5.19. The largest absolute Gasteiger partial charge is 0.384 e. The number of nitrogen functional groups attached to an aromatic ring is 1. The zero-order chi connectivity index (χ0) is 25.1. The van der Waals surface area contributed by atoms with Crippen molar-refractivity contribution in [3.05, 3.63) is 22.6 Å². The summed E-state index contributed by atoms with van der Waals surface area (Å²) in [4.78, 5) is 15.1. The summed E-state index contributed by atoms with van der Waals surface area (Å²) >= 11 is 0. The zero-order valence-electron chi connectivity index (χ0n) is 19.5. The van der Waals surface area contributed by atoms with Crippen LogP contribution in [-0.2, 0) is 13.8 Å². The third kappa shape index (κ3) is 3.83. The van der Waals surface area contributed by atoms with Crippen LogP contribution in [0.3, 0.4) is 0 Å². The lowest BCUT2D eigenvalue weighted by Gasteiger charge is -2.42. The quantitative estimate of drug-likeness (QED) is 0.386. The van der Waals surface area contributed by atoms with Crippen molar-refractivity contribution in [2.45, 2.75) is 94.4 Å². The summed E-state index contributed by atoms with van der Waals surface area (Å²) in [5.41, 5.74) is -0.597. The number of fused-ring (bicyclic) bond motifs is 3. The highest BCUT2D eigenvalue weighted by molar-refractivity contribution is 7.44. The molecule has 0 bridgehead atoms. The minimum Gasteiger partial charge on any atom is -0.384 e. The maximum absolute atomic E-state index is 16.3. The minimum absolute atomic E-state index is 0.0434. The van der Waals surface area contributed by atoms with Gasteiger partial charge in [0, 0.05) is 37.2 Å². The second kappa shape index (κ2) is 8.73. The molecule has 3 N–H and O–H groups in total. The summed E-state index contributed by atoms with van der Waals surface area (Å²) in [6.45, 7) is 7.73. The van der Waals surface area contributed by atoms with Crippen molar-refractivity contribution < 1.29 is 27.7 Å². The monoisotopic (exact) mass is 501 g/mol. The summed E-state index contributed by atoms with van der Waals surface area (Å²) < 4.78 is 52.9. The second-order valence-corrected chi connectivity index (χ2v) is 11.1. The normalized spacial score (nSPS) is 37.1. The standard InChI is InChI=1S/C21H30F2N5O5P/c1-12(2)28(13(3)4)34(31-9-5-7-24)33-20-10-19(23)11-21(19,30)17(20)32-16(15(20)22)27-8-6-14(29)26-18(27)25/h6,8,12-13,15-17,30H,5,9-11H2,1-4H3,(H2,25,26,29)/t15-,16+,17-,19-,20-,21-,34?/m0/s1. The SMILES string of the molecule is CC(C)N(C(C)C)P(OCCC#N)O[C@]12C[C@]3(F)C[C@]3(O)[C@H]1O[C@@H](n1ccc(=O)nc1N)[C@@H]2F. The zero-order valence-corrected chi connectivity index (χ0v) is 20.4. The minimum atomic E-state index is -2.05. The number of aromatic nitrogens is 2. The van der Waals surface area contributed by atoms with Crippen LogP contribution < -0.4 is 11.3 Å². The number of halogens is 2. The Labute approximate surface area is 197 Å². The highest BCUT2D eigenvalue weighted by Gasteiger charge is 2.88. The third-order valence-electron chi connectivity index (χ3n) is 6.68. The van der Waals surface area contributed by atoms with Gasteiger partial charge in [-0.05, 0) is 27.7 Å². The van der Waals surface area contributed by atoms with Crippen molar-refractivity contribution in [1.29, 1.82) is 5.26 Å². The Morgan fingerprint density at radius 2 is 2.12 bits per heavy atom. The van der Waals surface area contributed by atoms with Gasteiger partial charge in [0.2, 0.25) is 5.95 Å². The summed E-state index contributed by atoms with van der Waals surface area (Å²) in [6, 6.07) is 2.96. The number of rotatable bonds is 9. The van der Waals surface area contributed by atoms with Crippen molar-refractivity contribution in [2.24, 2.45) is 0 Å². The topological polar surface area (TPSA) is 136 Å². The molecule has 4 rings (SSSR count). The molecule has 188 valence electrons. The van der Waals surface area contributed by atoms with Crippen LogP contribution in [0, 0.1) is 11.3 Å². The molecule has 0 spiro atoms. The average molecular weight is 501 g/mol. The van der Waals surface area contributed by atoms with Gasteiger partial charge in [0.05, 0.1) is 19.1 Å². The molecule has 7 atom stereocenters. The molecule has 1 aliphatic heterocycles. The van der Waals surface area contributed by atoms with Crippen LogP contribution in [0.15, 0.2) is 17.1 Å². The van der Waals surface area contributed by atoms with Crippen molar-refractivity contribution in [3.63, 3.8) is 0 Å². The number of nitrogens with two attached hydrogens (primary N) is 1. The van der Waals surface area contributed by atoms with Crippen LogP contribution in [0.2, 0.25) is 0 Å². The van der Waals surface area contributed by atoms with E-state index in [-0.39, 0.29) is 37.5 Å². The first-order valence-electron chi connectivity index (χ1n) is 11.2. The van der Waals surface area contributed by atoms with Gasteiger partial charge in [-0.2, -0.15) is 10.2 Å². The Hall–Kier alpha value is -1.74. The fourth-order valence-corrected chi connectivity index (χ4v) is 7.02. The highest BCUT2D eigenvalue weighted by Crippen LogP contribution is 2.73. The number of hydrogen-bond donors (Lipinski definition) is 2. The predicted molar refractivity (Wildman–Crippen MR) is 119 cm³/mol. The molecule has 2 saturated carbocycles. The Kier molecular flexibility index (Phi) is 6.51. The molecule has 0 radical (unpaired) electrons. The molecule has 3 fully saturated rings. The van der Waals surface area contributed by atoms with Crippen LogP contribution in [0.5, 0.6) is 0 Å². The molecular formula is C21H30F2N5O5P. The third-order valence-corrected chi connectivity index (χ3v) is 8.88. The predicted octanol–water partition coefficient (Wildman–Crippen LogP) is 2.34. The Balaban J connectivity index is 1.72. The lowest BCUT2D eigenvalue weighted by Crippen LogP contribution is -2.50. The molecule has 2 heterocycles. The number of nitrogens with zero attached hydrogens (tertiary/aromatic N) is 4. The highest BCUT2D eigenvalue weighted by atomic mass is 31.2. The van der Waals surface area contributed by atoms with Crippen LogP contribution in [0.4, 0.5) is 14.7 Å². The van der Waals surface area contributed by atoms with E-state index in [1.165, 1.54) is 6.20 Å². The fraction of sp³-hybridized carbons (Fsp3) is 0.762. The number of alkyl halides is 2. The Morgan fingerprint density at radius 1 is 1.44 bits per heavy atom. The van der Waals surface area contributed by atoms with Crippen LogP contribution in [-0.4, -0.2) is 67.2 Å². The van der Waals surface area contributed by atoms with E-state index in [9.17, 15) is 9.90 Å². The van der Waals surface area contributed by atoms with E-state index in [1.54, 1.807) is 0 Å². The van der Waals surface area contributed by atoms with Gasteiger partial charge in [-0.1, -0.05) is 0 Å². The van der Waals surface area contributed by atoms with E-state index < -0.39 is 55.9 Å². The van der Waals surface area contributed by atoms with E-state index >= 15 is 8.78 Å². The average Bonchev–Trinajstić information content (AvgIpc) is 3.06. The lowest BCUT2D eigenvalue weighted by molar-refractivity contribution is -0.104. The molecule has 1 saturated heterocycles. The number of aliphatic hydroxyl groups is 1.